The van der Waals surface area contributed by atoms with Crippen molar-refractivity contribution in [3.05, 3.63) is 53.6 Å². The zero-order valence-corrected chi connectivity index (χ0v) is 12.5. The molecule has 0 atom stereocenters. The molecule has 0 aliphatic heterocycles. The highest BCUT2D eigenvalue weighted by Crippen LogP contribution is 2.28. The van der Waals surface area contributed by atoms with Crippen LogP contribution in [0.25, 0.3) is 11.1 Å². The van der Waals surface area contributed by atoms with E-state index >= 15 is 0 Å². The van der Waals surface area contributed by atoms with Crippen molar-refractivity contribution >= 4 is 5.97 Å². The summed E-state index contributed by atoms with van der Waals surface area (Å²) >= 11 is 0. The number of carboxylic acids is 1. The quantitative estimate of drug-likeness (QED) is 0.863. The zero-order chi connectivity index (χ0) is 15.4. The molecule has 0 aliphatic carbocycles. The van der Waals surface area contributed by atoms with Crippen molar-refractivity contribution in [3.63, 3.8) is 0 Å². The predicted molar refractivity (Wildman–Crippen MR) is 79.3 cm³/mol. The molecule has 0 heterocycles. The van der Waals surface area contributed by atoms with Gasteiger partial charge in [0.2, 0.25) is 0 Å². The number of methoxy groups -OCH3 is 1. The summed E-state index contributed by atoms with van der Waals surface area (Å²) in [4.78, 5) is 12.6. The van der Waals surface area contributed by atoms with Gasteiger partial charge in [0.05, 0.1) is 27.2 Å². The Kier molecular flexibility index (Phi) is 4.60. The second-order valence-electron chi connectivity index (χ2n) is 5.28. The maximum Gasteiger partial charge on any atom is 0.119 e. The molecule has 2 aromatic carbocycles. The number of aromatic carboxylic acids is 1. The molecule has 0 radical (unpaired) electrons. The molecule has 0 saturated heterocycles. The Labute approximate surface area is 124 Å². The van der Waals surface area contributed by atoms with Gasteiger partial charge in [-0.1, -0.05) is 24.3 Å². The third-order valence-electron chi connectivity index (χ3n) is 3.27. The van der Waals surface area contributed by atoms with E-state index in [-0.39, 0.29) is 5.56 Å². The van der Waals surface area contributed by atoms with Gasteiger partial charge in [0.25, 0.3) is 0 Å². The summed E-state index contributed by atoms with van der Waals surface area (Å²) in [5.74, 6) is -0.564. The fourth-order valence-electron chi connectivity index (χ4n) is 2.28. The van der Waals surface area contributed by atoms with Gasteiger partial charge in [-0.25, -0.2) is 0 Å². The molecule has 4 nitrogen and oxygen atoms in total. The lowest BCUT2D eigenvalue weighted by molar-refractivity contribution is -0.872. The Morgan fingerprint density at radius 3 is 2.33 bits per heavy atom. The van der Waals surface area contributed by atoms with Crippen LogP contribution in [0.3, 0.4) is 0 Å². The summed E-state index contributed by atoms with van der Waals surface area (Å²) in [6, 6.07) is 12.7. The van der Waals surface area contributed by atoms with Crippen LogP contribution in [-0.2, 0) is 6.54 Å². The molecule has 2 rings (SSSR count). The van der Waals surface area contributed by atoms with Crippen LogP contribution < -0.4 is 14.7 Å². The molecular formula is C17H19NO3. The fraction of sp³-hybridized carbons (Fsp3) is 0.235. The van der Waals surface area contributed by atoms with E-state index in [0.717, 1.165) is 12.1 Å². The first-order valence-electron chi connectivity index (χ1n) is 6.79. The molecule has 0 bridgehead atoms. The number of hydrogen-bond acceptors (Lipinski definition) is 3. The maximum atomic E-state index is 11.3. The third kappa shape index (κ3) is 3.61. The molecule has 4 heteroatoms. The number of carbonyl (C=O) groups is 1. The first-order valence-corrected chi connectivity index (χ1v) is 6.79. The Hall–Kier alpha value is -2.33. The maximum absolute atomic E-state index is 11.3. The van der Waals surface area contributed by atoms with Gasteiger partial charge in [0.15, 0.2) is 0 Å². The lowest BCUT2D eigenvalue weighted by atomic mass is 9.98. The third-order valence-corrected chi connectivity index (χ3v) is 3.27. The highest BCUT2D eigenvalue weighted by atomic mass is 16.5. The molecular weight excluding hydrogens is 266 g/mol. The first kappa shape index (κ1) is 15.1. The van der Waals surface area contributed by atoms with Gasteiger partial charge < -0.3 is 19.5 Å². The molecule has 0 aliphatic rings. The highest BCUT2D eigenvalue weighted by molar-refractivity contribution is 5.95. The van der Waals surface area contributed by atoms with Crippen molar-refractivity contribution in [1.29, 1.82) is 0 Å². The SMILES string of the molecule is COc1ccc(C(=O)[O-])c(-c2ccc(C[NH+](C)C)cc2)c1. The van der Waals surface area contributed by atoms with Gasteiger partial charge >= 0.3 is 0 Å². The minimum absolute atomic E-state index is 0.168. The Morgan fingerprint density at radius 1 is 1.14 bits per heavy atom. The standard InChI is InChI=1S/C17H19NO3/c1-18(2)11-12-4-6-13(7-5-12)16-10-14(21-3)8-9-15(16)17(19)20/h4-10H,11H2,1-3H3,(H,19,20). The van der Waals surface area contributed by atoms with Gasteiger partial charge in [-0.3, -0.25) is 0 Å². The van der Waals surface area contributed by atoms with Crippen LogP contribution in [0.5, 0.6) is 5.75 Å². The van der Waals surface area contributed by atoms with Gasteiger partial charge in [-0.05, 0) is 29.3 Å². The molecule has 0 spiro atoms. The van der Waals surface area contributed by atoms with E-state index in [1.54, 1.807) is 19.2 Å². The van der Waals surface area contributed by atoms with Crippen LogP contribution in [0.4, 0.5) is 0 Å². The van der Waals surface area contributed by atoms with Crippen LogP contribution in [0.15, 0.2) is 42.5 Å². The average molecular weight is 285 g/mol. The van der Waals surface area contributed by atoms with E-state index < -0.39 is 5.97 Å². The smallest absolute Gasteiger partial charge is 0.119 e. The largest absolute Gasteiger partial charge is 0.545 e. The minimum Gasteiger partial charge on any atom is -0.545 e. The first-order chi connectivity index (χ1) is 10.0. The minimum atomic E-state index is -1.19. The molecule has 0 unspecified atom stereocenters. The summed E-state index contributed by atoms with van der Waals surface area (Å²) in [6.45, 7) is 0.922. The molecule has 110 valence electrons. The second kappa shape index (κ2) is 6.41. The highest BCUT2D eigenvalue weighted by Gasteiger charge is 2.08. The second-order valence-corrected chi connectivity index (χ2v) is 5.28. The van der Waals surface area contributed by atoms with Crippen molar-refractivity contribution in [1.82, 2.24) is 0 Å². The van der Waals surface area contributed by atoms with Gasteiger partial charge in [0.1, 0.15) is 12.3 Å². The van der Waals surface area contributed by atoms with E-state index in [9.17, 15) is 9.90 Å². The fourth-order valence-corrected chi connectivity index (χ4v) is 2.28. The molecule has 1 N–H and O–H groups in total. The number of carbonyl (C=O) groups excluding carboxylic acids is 1. The van der Waals surface area contributed by atoms with E-state index in [0.29, 0.717) is 11.3 Å². The van der Waals surface area contributed by atoms with E-state index in [1.807, 2.05) is 24.3 Å². The van der Waals surface area contributed by atoms with Crippen molar-refractivity contribution in [3.8, 4) is 16.9 Å². The van der Waals surface area contributed by atoms with Crippen LogP contribution in [0, 0.1) is 0 Å². The number of rotatable bonds is 5. The summed E-state index contributed by atoms with van der Waals surface area (Å²) in [7, 11) is 5.73. The van der Waals surface area contributed by atoms with E-state index in [4.69, 9.17) is 4.74 Å². The lowest BCUT2D eigenvalue weighted by Gasteiger charge is -2.13. The number of nitrogens with one attached hydrogen (secondary N) is 1. The van der Waals surface area contributed by atoms with Gasteiger partial charge in [-0.15, -0.1) is 0 Å². The molecule has 0 fully saturated rings. The van der Waals surface area contributed by atoms with E-state index in [1.165, 1.54) is 16.5 Å². The van der Waals surface area contributed by atoms with Crippen LogP contribution in [0.1, 0.15) is 15.9 Å². The topological polar surface area (TPSA) is 53.8 Å². The van der Waals surface area contributed by atoms with E-state index in [2.05, 4.69) is 14.1 Å². The summed E-state index contributed by atoms with van der Waals surface area (Å²) < 4.78 is 5.17. The van der Waals surface area contributed by atoms with Crippen molar-refractivity contribution in [2.45, 2.75) is 6.54 Å². The number of quaternary nitrogens is 1. The molecule has 2 aromatic rings. The van der Waals surface area contributed by atoms with Crippen LogP contribution in [-0.4, -0.2) is 27.2 Å². The molecule has 0 amide bonds. The average Bonchev–Trinajstić information content (AvgIpc) is 2.46. The van der Waals surface area contributed by atoms with Crippen molar-refractivity contribution in [2.75, 3.05) is 21.2 Å². The normalized spacial score (nSPS) is 10.7. The summed E-state index contributed by atoms with van der Waals surface area (Å²) in [5.41, 5.74) is 2.82. The predicted octanol–water partition coefficient (Wildman–Crippen LogP) is 0.370. The molecule has 0 aromatic heterocycles. The number of benzene rings is 2. The van der Waals surface area contributed by atoms with Crippen molar-refractivity contribution in [2.24, 2.45) is 0 Å². The molecule has 0 saturated carbocycles. The molecule has 21 heavy (non-hydrogen) atoms. The van der Waals surface area contributed by atoms with Gasteiger partial charge in [0, 0.05) is 11.1 Å². The Bertz CT molecular complexity index is 633. The van der Waals surface area contributed by atoms with Crippen LogP contribution in [0.2, 0.25) is 0 Å². The Morgan fingerprint density at radius 2 is 1.81 bits per heavy atom. The summed E-state index contributed by atoms with van der Waals surface area (Å²) in [6.07, 6.45) is 0. The zero-order valence-electron chi connectivity index (χ0n) is 12.5. The van der Waals surface area contributed by atoms with Crippen LogP contribution >= 0.6 is 0 Å². The number of hydrogen-bond donors (Lipinski definition) is 1. The summed E-state index contributed by atoms with van der Waals surface area (Å²) in [5, 5.41) is 11.3. The van der Waals surface area contributed by atoms with Gasteiger partial charge in [-0.2, -0.15) is 0 Å². The Balaban J connectivity index is 2.42. The monoisotopic (exact) mass is 285 g/mol. The number of carboxylic acid groups (broad SMARTS) is 1. The number of ether oxygens (including phenoxy) is 1. The van der Waals surface area contributed by atoms with Crippen molar-refractivity contribution < 1.29 is 19.5 Å². The lowest BCUT2D eigenvalue weighted by Crippen LogP contribution is -3.04.